The summed E-state index contributed by atoms with van der Waals surface area (Å²) in [6.07, 6.45) is 4.50. The van der Waals surface area contributed by atoms with E-state index in [1.165, 1.54) is 27.9 Å². The van der Waals surface area contributed by atoms with Crippen molar-refractivity contribution in [2.75, 3.05) is 57.8 Å². The van der Waals surface area contributed by atoms with Crippen molar-refractivity contribution in [3.8, 4) is 16.9 Å². The second-order valence-corrected chi connectivity index (χ2v) is 9.96. The Morgan fingerprint density at radius 1 is 0.784 bits per heavy atom. The average Bonchev–Trinajstić information content (AvgIpc) is 2.87. The first-order valence-corrected chi connectivity index (χ1v) is 14.2. The Kier molecular flexibility index (Phi) is 15.9. The third-order valence-electron chi connectivity index (χ3n) is 5.95. The van der Waals surface area contributed by atoms with Gasteiger partial charge in [0.15, 0.2) is 0 Å². The first-order chi connectivity index (χ1) is 18.0. The van der Waals surface area contributed by atoms with E-state index in [1.807, 2.05) is 0 Å². The van der Waals surface area contributed by atoms with Crippen molar-refractivity contribution >= 4 is 5.69 Å². The highest BCUT2D eigenvalue weighted by Gasteiger charge is 2.10. The van der Waals surface area contributed by atoms with Gasteiger partial charge in [0.05, 0.1) is 6.10 Å². The molecule has 0 amide bonds. The maximum Gasteiger partial charge on any atom is 0.124 e. The van der Waals surface area contributed by atoms with E-state index in [2.05, 4.69) is 90.7 Å². The van der Waals surface area contributed by atoms with Crippen LogP contribution < -0.4 is 37.1 Å². The summed E-state index contributed by atoms with van der Waals surface area (Å²) in [6.45, 7) is 16.9. The molecule has 37 heavy (non-hydrogen) atoms. The monoisotopic (exact) mass is 512 g/mol. The zero-order valence-electron chi connectivity index (χ0n) is 23.7. The maximum atomic E-state index is 6.13. The van der Waals surface area contributed by atoms with Crippen molar-refractivity contribution < 1.29 is 4.74 Å². The van der Waals surface area contributed by atoms with Crippen LogP contribution in [-0.2, 0) is 6.54 Å². The number of benzene rings is 2. The van der Waals surface area contributed by atoms with Gasteiger partial charge in [-0.2, -0.15) is 0 Å². The summed E-state index contributed by atoms with van der Waals surface area (Å²) in [4.78, 5) is 0. The third kappa shape index (κ3) is 13.3. The second kappa shape index (κ2) is 19.0. The normalized spacial score (nSPS) is 11.3. The lowest BCUT2D eigenvalue weighted by Gasteiger charge is -2.17. The number of rotatable bonds is 21. The molecule has 0 aliphatic carbocycles. The molecule has 0 saturated heterocycles. The van der Waals surface area contributed by atoms with E-state index in [0.717, 1.165) is 90.5 Å². The minimum atomic E-state index is 0.142. The van der Waals surface area contributed by atoms with E-state index in [9.17, 15) is 0 Å². The summed E-state index contributed by atoms with van der Waals surface area (Å²) in [5.74, 6) is 0.958. The lowest BCUT2D eigenvalue weighted by Crippen LogP contribution is -2.30. The van der Waals surface area contributed by atoms with Crippen molar-refractivity contribution in [2.45, 2.75) is 66.0 Å². The predicted octanol–water partition coefficient (Wildman–Crippen LogP) is 4.22. The van der Waals surface area contributed by atoms with Crippen LogP contribution in [0.1, 0.15) is 57.6 Å². The first kappa shape index (κ1) is 31.1. The van der Waals surface area contributed by atoms with Gasteiger partial charge in [0.2, 0.25) is 0 Å². The molecule has 7 nitrogen and oxygen atoms in total. The number of anilines is 1. The topological polar surface area (TPSA) is 95.4 Å². The molecule has 0 atom stereocenters. The van der Waals surface area contributed by atoms with E-state index >= 15 is 0 Å². The highest BCUT2D eigenvalue weighted by Crippen LogP contribution is 2.30. The lowest BCUT2D eigenvalue weighted by atomic mass is 9.99. The number of hydrogen-bond acceptors (Lipinski definition) is 7. The van der Waals surface area contributed by atoms with E-state index in [1.54, 1.807) is 0 Å². The van der Waals surface area contributed by atoms with Crippen molar-refractivity contribution in [3.05, 3.63) is 47.5 Å². The first-order valence-electron chi connectivity index (χ1n) is 14.2. The van der Waals surface area contributed by atoms with Crippen LogP contribution in [0.4, 0.5) is 5.69 Å². The van der Waals surface area contributed by atoms with Crippen LogP contribution in [0.2, 0.25) is 0 Å². The van der Waals surface area contributed by atoms with E-state index in [0.29, 0.717) is 0 Å². The molecule has 0 saturated carbocycles. The molecular formula is C30H52N6O. The van der Waals surface area contributed by atoms with E-state index in [4.69, 9.17) is 10.5 Å². The van der Waals surface area contributed by atoms with Gasteiger partial charge in [-0.15, -0.1) is 0 Å². The Balaban J connectivity index is 1.96. The molecule has 7 N–H and O–H groups in total. The molecule has 2 rings (SSSR count). The fourth-order valence-corrected chi connectivity index (χ4v) is 4.12. The molecule has 0 unspecified atom stereocenters. The molecule has 7 heteroatoms. The number of nitrogens with two attached hydrogens (primary N) is 1. The van der Waals surface area contributed by atoms with Crippen molar-refractivity contribution in [2.24, 2.45) is 5.73 Å². The summed E-state index contributed by atoms with van der Waals surface area (Å²) in [5.41, 5.74) is 11.6. The molecular weight excluding hydrogens is 460 g/mol. The van der Waals surface area contributed by atoms with Gasteiger partial charge in [-0.05, 0) is 127 Å². The van der Waals surface area contributed by atoms with Crippen LogP contribution in [0.15, 0.2) is 36.4 Å². The minimum absolute atomic E-state index is 0.142. The van der Waals surface area contributed by atoms with Gasteiger partial charge in [0.1, 0.15) is 5.75 Å². The number of nitrogens with one attached hydrogen (secondary N) is 5. The molecule has 2 aromatic rings. The van der Waals surface area contributed by atoms with Crippen molar-refractivity contribution in [3.63, 3.8) is 0 Å². The Labute approximate surface area is 225 Å². The quantitative estimate of drug-likeness (QED) is 0.110. The van der Waals surface area contributed by atoms with Crippen LogP contribution in [0.3, 0.4) is 0 Å². The van der Waals surface area contributed by atoms with Gasteiger partial charge in [-0.25, -0.2) is 0 Å². The molecule has 0 aliphatic rings. The Morgan fingerprint density at radius 3 is 2.30 bits per heavy atom. The van der Waals surface area contributed by atoms with Crippen LogP contribution >= 0.6 is 0 Å². The fourth-order valence-electron chi connectivity index (χ4n) is 4.12. The molecule has 0 aliphatic heterocycles. The maximum absolute atomic E-state index is 6.13. The van der Waals surface area contributed by atoms with E-state index < -0.39 is 0 Å². The van der Waals surface area contributed by atoms with Gasteiger partial charge in [-0.1, -0.05) is 19.1 Å². The van der Waals surface area contributed by atoms with Gasteiger partial charge >= 0.3 is 0 Å². The molecule has 208 valence electrons. The number of aryl methyl sites for hydroxylation is 1. The van der Waals surface area contributed by atoms with E-state index in [-0.39, 0.29) is 6.10 Å². The number of ether oxygens (including phenoxy) is 1. The van der Waals surface area contributed by atoms with Crippen LogP contribution in [0, 0.1) is 6.92 Å². The third-order valence-corrected chi connectivity index (χ3v) is 5.95. The largest absolute Gasteiger partial charge is 0.491 e. The smallest absolute Gasteiger partial charge is 0.124 e. The molecule has 0 aromatic heterocycles. The summed E-state index contributed by atoms with van der Waals surface area (Å²) in [7, 11) is 0. The Morgan fingerprint density at radius 2 is 1.51 bits per heavy atom. The van der Waals surface area contributed by atoms with Crippen molar-refractivity contribution in [1.82, 2.24) is 21.3 Å². The zero-order valence-corrected chi connectivity index (χ0v) is 23.7. The summed E-state index contributed by atoms with van der Waals surface area (Å²) >= 11 is 0. The zero-order chi connectivity index (χ0) is 26.7. The Hall–Kier alpha value is -2.16. The summed E-state index contributed by atoms with van der Waals surface area (Å²) < 4.78 is 6.13. The summed E-state index contributed by atoms with van der Waals surface area (Å²) in [6, 6.07) is 13.3. The highest BCUT2D eigenvalue weighted by atomic mass is 16.5. The highest BCUT2D eigenvalue weighted by molar-refractivity contribution is 5.71. The minimum Gasteiger partial charge on any atom is -0.491 e. The van der Waals surface area contributed by atoms with Gasteiger partial charge in [0.25, 0.3) is 0 Å². The average molecular weight is 513 g/mol. The van der Waals surface area contributed by atoms with Crippen molar-refractivity contribution in [1.29, 1.82) is 0 Å². The second-order valence-electron chi connectivity index (χ2n) is 9.96. The van der Waals surface area contributed by atoms with Crippen LogP contribution in [0.25, 0.3) is 11.1 Å². The Bertz CT molecular complexity index is 873. The van der Waals surface area contributed by atoms with Gasteiger partial charge in [-0.3, -0.25) is 0 Å². The molecule has 0 radical (unpaired) electrons. The predicted molar refractivity (Wildman–Crippen MR) is 160 cm³/mol. The van der Waals surface area contributed by atoms with Crippen LogP contribution in [-0.4, -0.2) is 58.6 Å². The molecule has 2 aromatic carbocycles. The molecule has 0 fully saturated rings. The van der Waals surface area contributed by atoms with Gasteiger partial charge in [0, 0.05) is 31.0 Å². The SMILES string of the molecule is CCCNCNCCCNc1cc(C)cc(-c2ccc(OC(C)C)c(CNCCCNCCCN)c2)c1. The lowest BCUT2D eigenvalue weighted by molar-refractivity contribution is 0.239. The van der Waals surface area contributed by atoms with Crippen LogP contribution in [0.5, 0.6) is 5.75 Å². The standard InChI is InChI=1S/C30H52N6O/c1-5-12-34-23-35-16-8-17-36-29-19-25(4)18-27(21-29)26-9-10-30(37-24(2)3)28(20-26)22-33-15-7-14-32-13-6-11-31/h9-10,18-21,24,32-36H,5-8,11-17,22-23,31H2,1-4H3. The molecule has 0 spiro atoms. The fraction of sp³-hybridized carbons (Fsp3) is 0.600. The summed E-state index contributed by atoms with van der Waals surface area (Å²) in [5, 5.41) is 17.5. The molecule has 0 bridgehead atoms. The number of hydrogen-bond donors (Lipinski definition) is 6. The van der Waals surface area contributed by atoms with Gasteiger partial charge < -0.3 is 37.1 Å². The molecule has 0 heterocycles.